The van der Waals surface area contributed by atoms with E-state index in [1.165, 1.54) is 20.8 Å². The number of amides is 1. The summed E-state index contributed by atoms with van der Waals surface area (Å²) >= 11 is 0. The standard InChI is InChI=1S/C14H21NO7/c1-7(15-12(19)22-13(2,3)4)9(16)8-10(17)20-14(5,6)21-11(8)18/h7,16H,1-6H3,(H,15,19). The molecule has 1 fully saturated rings. The van der Waals surface area contributed by atoms with Crippen LogP contribution in [0.25, 0.3) is 0 Å². The molecular weight excluding hydrogens is 294 g/mol. The van der Waals surface area contributed by atoms with Gasteiger partial charge in [-0.2, -0.15) is 0 Å². The minimum atomic E-state index is -1.40. The number of esters is 2. The number of alkyl carbamates (subject to hydrolysis) is 1. The minimum absolute atomic E-state index is 0.650. The first-order valence-electron chi connectivity index (χ1n) is 6.72. The van der Waals surface area contributed by atoms with Gasteiger partial charge in [-0.25, -0.2) is 14.4 Å². The molecule has 2 N–H and O–H groups in total. The first-order valence-corrected chi connectivity index (χ1v) is 6.72. The van der Waals surface area contributed by atoms with Gasteiger partial charge in [0.15, 0.2) is 5.57 Å². The van der Waals surface area contributed by atoms with Crippen LogP contribution in [0.1, 0.15) is 41.5 Å². The second-order valence-electron chi connectivity index (χ2n) is 6.31. The Labute approximate surface area is 128 Å². The summed E-state index contributed by atoms with van der Waals surface area (Å²) in [5.74, 6) is -4.09. The third-order valence-corrected chi connectivity index (χ3v) is 2.48. The van der Waals surface area contributed by atoms with Crippen LogP contribution in [-0.4, -0.2) is 40.6 Å². The van der Waals surface area contributed by atoms with Crippen LogP contribution in [0, 0.1) is 0 Å². The highest BCUT2D eigenvalue weighted by atomic mass is 16.7. The Morgan fingerprint density at radius 2 is 1.68 bits per heavy atom. The van der Waals surface area contributed by atoms with E-state index in [0.717, 1.165) is 0 Å². The molecule has 1 aliphatic rings. The van der Waals surface area contributed by atoms with Gasteiger partial charge in [0, 0.05) is 13.8 Å². The van der Waals surface area contributed by atoms with E-state index in [1.807, 2.05) is 0 Å². The third kappa shape index (κ3) is 4.64. The molecule has 0 saturated carbocycles. The zero-order valence-corrected chi connectivity index (χ0v) is 13.5. The van der Waals surface area contributed by atoms with Crippen LogP contribution in [0.4, 0.5) is 4.79 Å². The van der Waals surface area contributed by atoms with E-state index in [9.17, 15) is 19.5 Å². The molecule has 0 aromatic rings. The Bertz CT molecular complexity index is 506. The first kappa shape index (κ1) is 17.8. The van der Waals surface area contributed by atoms with Crippen LogP contribution in [-0.2, 0) is 23.8 Å². The van der Waals surface area contributed by atoms with Crippen molar-refractivity contribution < 1.29 is 33.7 Å². The lowest BCUT2D eigenvalue weighted by Gasteiger charge is -2.30. The second-order valence-corrected chi connectivity index (χ2v) is 6.31. The molecule has 0 aromatic carbocycles. The molecule has 124 valence electrons. The molecule has 0 bridgehead atoms. The molecule has 8 nitrogen and oxygen atoms in total. The lowest BCUT2D eigenvalue weighted by atomic mass is 10.1. The Kier molecular flexibility index (Phi) is 4.74. The van der Waals surface area contributed by atoms with Gasteiger partial charge in [0.1, 0.15) is 11.4 Å². The number of ether oxygens (including phenoxy) is 3. The summed E-state index contributed by atoms with van der Waals surface area (Å²) in [6.07, 6.45) is -0.801. The minimum Gasteiger partial charge on any atom is -0.509 e. The smallest absolute Gasteiger partial charge is 0.408 e. The lowest BCUT2D eigenvalue weighted by Crippen LogP contribution is -2.45. The Balaban J connectivity index is 2.89. The number of rotatable bonds is 2. The van der Waals surface area contributed by atoms with Gasteiger partial charge in [0.25, 0.3) is 5.79 Å². The van der Waals surface area contributed by atoms with Gasteiger partial charge in [-0.15, -0.1) is 0 Å². The summed E-state index contributed by atoms with van der Waals surface area (Å²) in [5.41, 5.74) is -1.37. The van der Waals surface area contributed by atoms with Crippen LogP contribution in [0.15, 0.2) is 11.3 Å². The molecule has 22 heavy (non-hydrogen) atoms. The van der Waals surface area contributed by atoms with E-state index in [1.54, 1.807) is 20.8 Å². The van der Waals surface area contributed by atoms with Gasteiger partial charge in [-0.3, -0.25) is 0 Å². The molecule has 0 aliphatic carbocycles. The van der Waals surface area contributed by atoms with Gasteiger partial charge < -0.3 is 24.6 Å². The monoisotopic (exact) mass is 315 g/mol. The van der Waals surface area contributed by atoms with E-state index in [4.69, 9.17) is 14.2 Å². The normalized spacial score (nSPS) is 18.9. The highest BCUT2D eigenvalue weighted by Gasteiger charge is 2.42. The van der Waals surface area contributed by atoms with Crippen LogP contribution >= 0.6 is 0 Å². The number of nitrogens with one attached hydrogen (secondary N) is 1. The lowest BCUT2D eigenvalue weighted by molar-refractivity contribution is -0.222. The molecule has 1 amide bonds. The molecule has 1 saturated heterocycles. The molecule has 1 atom stereocenters. The van der Waals surface area contributed by atoms with Crippen molar-refractivity contribution in [2.24, 2.45) is 0 Å². The van der Waals surface area contributed by atoms with E-state index < -0.39 is 46.8 Å². The van der Waals surface area contributed by atoms with Crippen molar-refractivity contribution in [3.05, 3.63) is 11.3 Å². The summed E-state index contributed by atoms with van der Waals surface area (Å²) in [7, 11) is 0. The summed E-state index contributed by atoms with van der Waals surface area (Å²) in [5, 5.41) is 12.3. The summed E-state index contributed by atoms with van der Waals surface area (Å²) in [6.45, 7) is 9.18. The van der Waals surface area contributed by atoms with Crippen molar-refractivity contribution in [1.29, 1.82) is 0 Å². The number of aliphatic hydroxyl groups excluding tert-OH is 1. The predicted octanol–water partition coefficient (Wildman–Crippen LogP) is 1.55. The summed E-state index contributed by atoms with van der Waals surface area (Å²) in [4.78, 5) is 35.2. The maximum atomic E-state index is 11.8. The Hall–Kier alpha value is -2.25. The van der Waals surface area contributed by atoms with Crippen molar-refractivity contribution in [3.8, 4) is 0 Å². The second kappa shape index (κ2) is 5.86. The number of cyclic esters (lactones) is 2. The maximum absolute atomic E-state index is 11.8. The van der Waals surface area contributed by atoms with Crippen molar-refractivity contribution >= 4 is 18.0 Å². The Morgan fingerprint density at radius 1 is 1.23 bits per heavy atom. The molecule has 1 heterocycles. The van der Waals surface area contributed by atoms with Crippen molar-refractivity contribution in [2.45, 2.75) is 59.0 Å². The van der Waals surface area contributed by atoms with Crippen LogP contribution in [0.3, 0.4) is 0 Å². The van der Waals surface area contributed by atoms with Gasteiger partial charge >= 0.3 is 18.0 Å². The Morgan fingerprint density at radius 3 is 2.09 bits per heavy atom. The number of hydrogen-bond acceptors (Lipinski definition) is 7. The fourth-order valence-electron chi connectivity index (χ4n) is 1.63. The molecule has 8 heteroatoms. The molecule has 0 spiro atoms. The number of aliphatic hydroxyl groups is 1. The van der Waals surface area contributed by atoms with Crippen LogP contribution < -0.4 is 5.32 Å². The topological polar surface area (TPSA) is 111 Å². The fourth-order valence-corrected chi connectivity index (χ4v) is 1.63. The van der Waals surface area contributed by atoms with E-state index in [-0.39, 0.29) is 0 Å². The van der Waals surface area contributed by atoms with Crippen molar-refractivity contribution in [2.75, 3.05) is 0 Å². The summed E-state index contributed by atoms with van der Waals surface area (Å²) in [6, 6.07) is -1.04. The van der Waals surface area contributed by atoms with Gasteiger partial charge in [-0.1, -0.05) is 0 Å². The molecular formula is C14H21NO7. The van der Waals surface area contributed by atoms with Gasteiger partial charge in [0.05, 0.1) is 6.04 Å². The SMILES string of the molecule is CC(NC(=O)OC(C)(C)C)C(O)=C1C(=O)OC(C)(C)OC1=O. The van der Waals surface area contributed by atoms with Crippen molar-refractivity contribution in [1.82, 2.24) is 5.32 Å². The highest BCUT2D eigenvalue weighted by molar-refractivity contribution is 6.15. The van der Waals surface area contributed by atoms with Crippen LogP contribution in [0.2, 0.25) is 0 Å². The maximum Gasteiger partial charge on any atom is 0.408 e. The average Bonchev–Trinajstić information content (AvgIpc) is 2.22. The van der Waals surface area contributed by atoms with Crippen molar-refractivity contribution in [3.63, 3.8) is 0 Å². The zero-order chi connectivity index (χ0) is 17.3. The van der Waals surface area contributed by atoms with E-state index >= 15 is 0 Å². The molecule has 1 rings (SSSR count). The van der Waals surface area contributed by atoms with E-state index in [2.05, 4.69) is 5.32 Å². The summed E-state index contributed by atoms with van der Waals surface area (Å²) < 4.78 is 14.8. The first-order chi connectivity index (χ1) is 9.82. The average molecular weight is 315 g/mol. The number of hydrogen-bond donors (Lipinski definition) is 2. The molecule has 0 aromatic heterocycles. The molecule has 0 radical (unpaired) electrons. The largest absolute Gasteiger partial charge is 0.509 e. The quantitative estimate of drug-likeness (QED) is 0.344. The molecule has 1 unspecified atom stereocenters. The highest BCUT2D eigenvalue weighted by Crippen LogP contribution is 2.25. The molecule has 1 aliphatic heterocycles. The third-order valence-electron chi connectivity index (χ3n) is 2.48. The predicted molar refractivity (Wildman–Crippen MR) is 74.7 cm³/mol. The van der Waals surface area contributed by atoms with Gasteiger partial charge in [-0.05, 0) is 27.7 Å². The van der Waals surface area contributed by atoms with Gasteiger partial charge in [0.2, 0.25) is 0 Å². The number of carbonyl (C=O) groups excluding carboxylic acids is 3. The zero-order valence-electron chi connectivity index (χ0n) is 13.5. The number of carbonyl (C=O) groups is 3. The van der Waals surface area contributed by atoms with Crippen LogP contribution in [0.5, 0.6) is 0 Å². The van der Waals surface area contributed by atoms with E-state index in [0.29, 0.717) is 0 Å². The fraction of sp³-hybridized carbons (Fsp3) is 0.643.